The van der Waals surface area contributed by atoms with E-state index in [0.717, 1.165) is 18.8 Å². The fraction of sp³-hybridized carbons (Fsp3) is 1.00. The Hall–Kier alpha value is -0.0400. The normalized spacial score (nSPS) is 34.1. The molecule has 1 aliphatic rings. The Kier molecular flexibility index (Phi) is 3.38. The number of hydrogen-bond acceptors (Lipinski definition) is 1. The van der Waals surface area contributed by atoms with Crippen LogP contribution >= 0.6 is 0 Å². The zero-order valence-corrected chi connectivity index (χ0v) is 7.71. The second kappa shape index (κ2) is 4.10. The van der Waals surface area contributed by atoms with E-state index in [2.05, 4.69) is 13.8 Å². The molecule has 1 fully saturated rings. The molecule has 0 aromatic heterocycles. The molecule has 66 valence electrons. The van der Waals surface area contributed by atoms with Crippen LogP contribution in [0.4, 0.5) is 0 Å². The van der Waals surface area contributed by atoms with E-state index in [1.54, 1.807) is 0 Å². The highest BCUT2D eigenvalue weighted by atomic mass is 16.3. The number of aliphatic hydroxyl groups excluding tert-OH is 1. The van der Waals surface area contributed by atoms with Gasteiger partial charge >= 0.3 is 0 Å². The molecule has 0 aromatic rings. The van der Waals surface area contributed by atoms with Crippen molar-refractivity contribution in [3.05, 3.63) is 0 Å². The second-order valence-electron chi connectivity index (χ2n) is 3.93. The van der Waals surface area contributed by atoms with Gasteiger partial charge in [-0.2, -0.15) is 0 Å². The Bertz CT molecular complexity index is 111. The average Bonchev–Trinajstić information content (AvgIpc) is 2.36. The van der Waals surface area contributed by atoms with Crippen molar-refractivity contribution in [1.29, 1.82) is 0 Å². The molecule has 1 heteroatoms. The van der Waals surface area contributed by atoms with E-state index in [1.807, 2.05) is 0 Å². The Morgan fingerprint density at radius 1 is 1.45 bits per heavy atom. The summed E-state index contributed by atoms with van der Waals surface area (Å²) in [4.78, 5) is 0. The Labute approximate surface area is 69.8 Å². The van der Waals surface area contributed by atoms with Crippen LogP contribution in [0.5, 0.6) is 0 Å². The topological polar surface area (TPSA) is 20.2 Å². The lowest BCUT2D eigenvalue weighted by Crippen LogP contribution is -2.22. The van der Waals surface area contributed by atoms with Crippen molar-refractivity contribution in [1.82, 2.24) is 0 Å². The molecule has 3 unspecified atom stereocenters. The maximum atomic E-state index is 9.72. The van der Waals surface area contributed by atoms with Crippen LogP contribution < -0.4 is 0 Å². The van der Waals surface area contributed by atoms with Crippen molar-refractivity contribution >= 4 is 0 Å². The van der Waals surface area contributed by atoms with E-state index in [9.17, 15) is 5.11 Å². The van der Waals surface area contributed by atoms with Crippen LogP contribution in [0, 0.1) is 11.8 Å². The monoisotopic (exact) mass is 156 g/mol. The molecule has 3 atom stereocenters. The lowest BCUT2D eigenvalue weighted by atomic mass is 9.90. The predicted octanol–water partition coefficient (Wildman–Crippen LogP) is 2.58. The minimum Gasteiger partial charge on any atom is -0.393 e. The summed E-state index contributed by atoms with van der Waals surface area (Å²) in [7, 11) is 0. The van der Waals surface area contributed by atoms with Crippen molar-refractivity contribution in [2.45, 2.75) is 52.1 Å². The smallest absolute Gasteiger partial charge is 0.0570 e. The molecule has 1 nitrogen and oxygen atoms in total. The largest absolute Gasteiger partial charge is 0.393 e. The fourth-order valence-electron chi connectivity index (χ4n) is 2.26. The maximum absolute atomic E-state index is 9.72. The zero-order chi connectivity index (χ0) is 8.27. The van der Waals surface area contributed by atoms with Crippen molar-refractivity contribution in [3.8, 4) is 0 Å². The third-order valence-electron chi connectivity index (χ3n) is 3.01. The first-order valence-electron chi connectivity index (χ1n) is 4.93. The van der Waals surface area contributed by atoms with E-state index in [0.29, 0.717) is 5.92 Å². The quantitative estimate of drug-likeness (QED) is 0.666. The number of aliphatic hydroxyl groups is 1. The van der Waals surface area contributed by atoms with E-state index in [1.165, 1.54) is 19.3 Å². The van der Waals surface area contributed by atoms with Gasteiger partial charge in [0.25, 0.3) is 0 Å². The van der Waals surface area contributed by atoms with Crippen molar-refractivity contribution in [2.75, 3.05) is 0 Å². The molecule has 1 rings (SSSR count). The summed E-state index contributed by atoms with van der Waals surface area (Å²) in [6.45, 7) is 4.42. The molecule has 0 radical (unpaired) electrons. The van der Waals surface area contributed by atoms with Gasteiger partial charge in [-0.15, -0.1) is 0 Å². The second-order valence-corrected chi connectivity index (χ2v) is 3.93. The van der Waals surface area contributed by atoms with Gasteiger partial charge in [0.15, 0.2) is 0 Å². The summed E-state index contributed by atoms with van der Waals surface area (Å²) in [5, 5.41) is 9.72. The van der Waals surface area contributed by atoms with Crippen molar-refractivity contribution in [3.63, 3.8) is 0 Å². The van der Waals surface area contributed by atoms with Gasteiger partial charge in [0.05, 0.1) is 6.10 Å². The summed E-state index contributed by atoms with van der Waals surface area (Å²) in [6.07, 6.45) is 6.00. The van der Waals surface area contributed by atoms with Gasteiger partial charge in [0.2, 0.25) is 0 Å². The highest BCUT2D eigenvalue weighted by Gasteiger charge is 2.28. The van der Waals surface area contributed by atoms with Crippen LogP contribution in [0.25, 0.3) is 0 Å². The van der Waals surface area contributed by atoms with Crippen molar-refractivity contribution < 1.29 is 5.11 Å². The van der Waals surface area contributed by atoms with E-state index < -0.39 is 0 Å². The third-order valence-corrected chi connectivity index (χ3v) is 3.01. The first-order valence-corrected chi connectivity index (χ1v) is 4.93. The van der Waals surface area contributed by atoms with Crippen molar-refractivity contribution in [2.24, 2.45) is 11.8 Å². The number of hydrogen-bond donors (Lipinski definition) is 1. The predicted molar refractivity (Wildman–Crippen MR) is 47.4 cm³/mol. The minimum absolute atomic E-state index is 0.0162. The molecule has 0 amide bonds. The van der Waals surface area contributed by atoms with E-state index >= 15 is 0 Å². The van der Waals surface area contributed by atoms with Gasteiger partial charge in [-0.3, -0.25) is 0 Å². The van der Waals surface area contributed by atoms with Gasteiger partial charge in [-0.05, 0) is 24.7 Å². The Morgan fingerprint density at radius 2 is 2.18 bits per heavy atom. The summed E-state index contributed by atoms with van der Waals surface area (Å²) in [6, 6.07) is 0. The molecule has 0 aromatic carbocycles. The molecule has 1 saturated carbocycles. The molecule has 1 aliphatic carbocycles. The molecular formula is C10H20O. The molecule has 0 spiro atoms. The van der Waals surface area contributed by atoms with Gasteiger partial charge in [-0.25, -0.2) is 0 Å². The van der Waals surface area contributed by atoms with E-state index in [4.69, 9.17) is 0 Å². The van der Waals surface area contributed by atoms with Crippen LogP contribution in [-0.4, -0.2) is 11.2 Å². The summed E-state index contributed by atoms with van der Waals surface area (Å²) < 4.78 is 0. The summed E-state index contributed by atoms with van der Waals surface area (Å²) in [5.41, 5.74) is 0. The lowest BCUT2D eigenvalue weighted by molar-refractivity contribution is 0.0813. The zero-order valence-electron chi connectivity index (χ0n) is 7.71. The first kappa shape index (κ1) is 9.05. The molecular weight excluding hydrogens is 136 g/mol. The van der Waals surface area contributed by atoms with Crippen LogP contribution in [0.15, 0.2) is 0 Å². The Balaban J connectivity index is 2.33. The molecule has 0 bridgehead atoms. The lowest BCUT2D eigenvalue weighted by Gasteiger charge is -2.21. The molecule has 0 saturated heterocycles. The summed E-state index contributed by atoms with van der Waals surface area (Å²) >= 11 is 0. The third kappa shape index (κ3) is 2.19. The van der Waals surface area contributed by atoms with Crippen LogP contribution in [0.1, 0.15) is 46.0 Å². The van der Waals surface area contributed by atoms with E-state index in [-0.39, 0.29) is 6.10 Å². The van der Waals surface area contributed by atoms with Gasteiger partial charge in [-0.1, -0.05) is 33.1 Å². The molecule has 11 heavy (non-hydrogen) atoms. The number of rotatable bonds is 3. The SMILES string of the molecule is CCCC(O)C1CCCC1C. The minimum atomic E-state index is -0.0162. The standard InChI is InChI=1S/C10H20O/c1-3-5-10(11)9-7-4-6-8(9)2/h8-11H,3-7H2,1-2H3. The molecule has 1 N–H and O–H groups in total. The van der Waals surface area contributed by atoms with Crippen LogP contribution in [0.3, 0.4) is 0 Å². The maximum Gasteiger partial charge on any atom is 0.0570 e. The first-order chi connectivity index (χ1) is 5.25. The average molecular weight is 156 g/mol. The van der Waals surface area contributed by atoms with Gasteiger partial charge in [0, 0.05) is 0 Å². The molecule has 0 heterocycles. The summed E-state index contributed by atoms with van der Waals surface area (Å²) in [5.74, 6) is 1.37. The van der Waals surface area contributed by atoms with Gasteiger partial charge in [0.1, 0.15) is 0 Å². The molecule has 0 aliphatic heterocycles. The highest BCUT2D eigenvalue weighted by molar-refractivity contribution is 4.79. The fourth-order valence-corrected chi connectivity index (χ4v) is 2.26. The highest BCUT2D eigenvalue weighted by Crippen LogP contribution is 2.34. The van der Waals surface area contributed by atoms with Crippen LogP contribution in [0.2, 0.25) is 0 Å². The van der Waals surface area contributed by atoms with Gasteiger partial charge < -0.3 is 5.11 Å². The van der Waals surface area contributed by atoms with Crippen LogP contribution in [-0.2, 0) is 0 Å². The Morgan fingerprint density at radius 3 is 2.64 bits per heavy atom.